The lowest BCUT2D eigenvalue weighted by molar-refractivity contribution is -0.00522. The minimum atomic E-state index is -0.486. The lowest BCUT2D eigenvalue weighted by Gasteiger charge is -2.57. The molecular formula is C29H37ClN2O2. The minimum absolute atomic E-state index is 0.339. The van der Waals surface area contributed by atoms with Crippen LogP contribution in [0.25, 0.3) is 0 Å². The number of rotatable bonds is 7. The van der Waals surface area contributed by atoms with Gasteiger partial charge in [0.15, 0.2) is 0 Å². The van der Waals surface area contributed by atoms with Gasteiger partial charge < -0.3 is 14.7 Å². The summed E-state index contributed by atoms with van der Waals surface area (Å²) in [5.74, 6) is 3.76. The van der Waals surface area contributed by atoms with Gasteiger partial charge in [-0.15, -0.1) is 0 Å². The first-order valence-electron chi connectivity index (χ1n) is 13.2. The maximum atomic E-state index is 10.6. The number of ether oxygens (including phenoxy) is 1. The number of β-amino-alcohol motifs (C(OH)–C–C–N with tert-alkyl or cyclic N) is 1. The number of nitrogens with zero attached hydrogens (tertiary/aromatic N) is 2. The summed E-state index contributed by atoms with van der Waals surface area (Å²) in [6.45, 7) is 4.74. The van der Waals surface area contributed by atoms with E-state index >= 15 is 0 Å². The molecule has 4 bridgehead atoms. The molecule has 2 aromatic carbocycles. The Balaban J connectivity index is 0.977. The first kappa shape index (κ1) is 22.7. The molecule has 1 heterocycles. The van der Waals surface area contributed by atoms with Gasteiger partial charge in [-0.2, -0.15) is 0 Å². The summed E-state index contributed by atoms with van der Waals surface area (Å²) in [5.41, 5.74) is 3.13. The summed E-state index contributed by atoms with van der Waals surface area (Å²) in [6, 6.07) is 16.9. The summed E-state index contributed by atoms with van der Waals surface area (Å²) < 4.78 is 5.99. The fourth-order valence-corrected chi connectivity index (χ4v) is 7.96. The molecule has 34 heavy (non-hydrogen) atoms. The number of piperazine rings is 1. The van der Waals surface area contributed by atoms with Crippen molar-refractivity contribution in [1.29, 1.82) is 0 Å². The Morgan fingerprint density at radius 3 is 2.18 bits per heavy atom. The Hall–Kier alpha value is -1.75. The Kier molecular flexibility index (Phi) is 6.25. The normalized spacial score (nSPS) is 31.6. The molecule has 4 saturated carbocycles. The second-order valence-electron chi connectivity index (χ2n) is 11.5. The zero-order valence-corrected chi connectivity index (χ0v) is 20.8. The van der Waals surface area contributed by atoms with Crippen molar-refractivity contribution in [2.24, 2.45) is 17.8 Å². The van der Waals surface area contributed by atoms with E-state index in [-0.39, 0.29) is 0 Å². The van der Waals surface area contributed by atoms with Crippen LogP contribution in [0.1, 0.15) is 44.1 Å². The molecule has 5 fully saturated rings. The Morgan fingerprint density at radius 2 is 1.56 bits per heavy atom. The lowest BCUT2D eigenvalue weighted by Crippen LogP contribution is -2.49. The first-order valence-corrected chi connectivity index (χ1v) is 13.6. The molecule has 4 aliphatic carbocycles. The summed E-state index contributed by atoms with van der Waals surface area (Å²) in [6.07, 6.45) is 8.13. The monoisotopic (exact) mass is 480 g/mol. The van der Waals surface area contributed by atoms with Crippen LogP contribution in [0, 0.1) is 17.8 Å². The molecule has 1 N–H and O–H groups in total. The molecule has 0 aromatic heterocycles. The molecule has 7 rings (SSSR count). The van der Waals surface area contributed by atoms with Gasteiger partial charge in [-0.1, -0.05) is 29.8 Å². The van der Waals surface area contributed by atoms with Gasteiger partial charge in [0, 0.05) is 43.4 Å². The molecule has 0 amide bonds. The summed E-state index contributed by atoms with van der Waals surface area (Å²) in [4.78, 5) is 4.68. The van der Waals surface area contributed by atoms with Gasteiger partial charge in [0.25, 0.3) is 0 Å². The second kappa shape index (κ2) is 9.37. The third-order valence-electron chi connectivity index (χ3n) is 8.96. The maximum Gasteiger partial charge on any atom is 0.119 e. The van der Waals surface area contributed by atoms with Gasteiger partial charge in [0.1, 0.15) is 18.5 Å². The smallest absolute Gasteiger partial charge is 0.119 e. The van der Waals surface area contributed by atoms with Crippen LogP contribution in [-0.2, 0) is 5.41 Å². The fourth-order valence-electron chi connectivity index (χ4n) is 7.77. The standard InChI is InChI=1S/C29H37ClN2O2/c30-25-2-1-3-26(15-25)32-10-8-31(9-11-32)19-27(33)20-34-28-6-4-24(5-7-28)29-16-21-12-22(17-29)14-23(13-21)18-29/h1-7,15,21-23,27,33H,8-14,16-20H2/t21?,22?,23?,27-,29?/m0/s1. The maximum absolute atomic E-state index is 10.6. The molecule has 5 heteroatoms. The zero-order valence-electron chi connectivity index (χ0n) is 20.0. The van der Waals surface area contributed by atoms with Crippen LogP contribution in [-0.4, -0.2) is 55.4 Å². The van der Waals surface area contributed by atoms with Crippen LogP contribution < -0.4 is 9.64 Å². The van der Waals surface area contributed by atoms with E-state index in [1.807, 2.05) is 18.2 Å². The quantitative estimate of drug-likeness (QED) is 0.578. The van der Waals surface area contributed by atoms with Crippen molar-refractivity contribution in [1.82, 2.24) is 4.90 Å². The van der Waals surface area contributed by atoms with Crippen molar-refractivity contribution < 1.29 is 9.84 Å². The van der Waals surface area contributed by atoms with Gasteiger partial charge in [-0.05, 0) is 97.6 Å². The topological polar surface area (TPSA) is 35.9 Å². The summed E-state index contributed by atoms with van der Waals surface area (Å²) in [7, 11) is 0. The van der Waals surface area contributed by atoms with Crippen LogP contribution in [0.4, 0.5) is 5.69 Å². The minimum Gasteiger partial charge on any atom is -0.491 e. The highest BCUT2D eigenvalue weighted by atomic mass is 35.5. The van der Waals surface area contributed by atoms with Gasteiger partial charge in [0.05, 0.1) is 0 Å². The van der Waals surface area contributed by atoms with E-state index in [2.05, 4.69) is 40.1 Å². The molecule has 1 saturated heterocycles. The van der Waals surface area contributed by atoms with Gasteiger partial charge >= 0.3 is 0 Å². The van der Waals surface area contributed by atoms with E-state index in [0.717, 1.165) is 54.7 Å². The van der Waals surface area contributed by atoms with Crippen LogP contribution in [0.2, 0.25) is 5.02 Å². The van der Waals surface area contributed by atoms with Gasteiger partial charge in [0.2, 0.25) is 0 Å². The fraction of sp³-hybridized carbons (Fsp3) is 0.586. The Morgan fingerprint density at radius 1 is 0.912 bits per heavy atom. The molecule has 182 valence electrons. The molecule has 2 aromatic rings. The van der Waals surface area contributed by atoms with Crippen molar-refractivity contribution in [3.05, 3.63) is 59.1 Å². The van der Waals surface area contributed by atoms with E-state index < -0.39 is 6.10 Å². The molecule has 1 atom stereocenters. The molecular weight excluding hydrogens is 444 g/mol. The number of hydrogen-bond acceptors (Lipinski definition) is 4. The Bertz CT molecular complexity index is 951. The van der Waals surface area contributed by atoms with E-state index in [9.17, 15) is 5.11 Å². The number of aliphatic hydroxyl groups excluding tert-OH is 1. The molecule has 0 unspecified atom stereocenters. The number of benzene rings is 2. The zero-order chi connectivity index (χ0) is 23.1. The molecule has 0 spiro atoms. The van der Waals surface area contributed by atoms with Crippen LogP contribution >= 0.6 is 11.6 Å². The van der Waals surface area contributed by atoms with Crippen molar-refractivity contribution >= 4 is 17.3 Å². The molecule has 4 nitrogen and oxygen atoms in total. The molecule has 1 aliphatic heterocycles. The van der Waals surface area contributed by atoms with Crippen LogP contribution in [0.3, 0.4) is 0 Å². The average Bonchev–Trinajstić information content (AvgIpc) is 2.83. The predicted octanol–water partition coefficient (Wildman–Crippen LogP) is 5.37. The highest BCUT2D eigenvalue weighted by Crippen LogP contribution is 2.60. The van der Waals surface area contributed by atoms with E-state index in [4.69, 9.17) is 16.3 Å². The first-order chi connectivity index (χ1) is 16.5. The molecule has 0 radical (unpaired) electrons. The highest BCUT2D eigenvalue weighted by molar-refractivity contribution is 6.30. The van der Waals surface area contributed by atoms with Crippen molar-refractivity contribution in [3.63, 3.8) is 0 Å². The Labute approximate surface area is 208 Å². The van der Waals surface area contributed by atoms with E-state index in [1.54, 1.807) is 0 Å². The van der Waals surface area contributed by atoms with Crippen LogP contribution in [0.15, 0.2) is 48.5 Å². The van der Waals surface area contributed by atoms with Crippen molar-refractivity contribution in [2.75, 3.05) is 44.2 Å². The average molecular weight is 481 g/mol. The SMILES string of the molecule is O[C@H](COc1ccc(C23CC4CC(CC(C4)C2)C3)cc1)CN1CCN(c2cccc(Cl)c2)CC1. The third kappa shape index (κ3) is 4.69. The number of hydrogen-bond donors (Lipinski definition) is 1. The van der Waals surface area contributed by atoms with Crippen molar-refractivity contribution in [2.45, 2.75) is 50.0 Å². The van der Waals surface area contributed by atoms with E-state index in [1.165, 1.54) is 49.8 Å². The second-order valence-corrected chi connectivity index (χ2v) is 11.9. The summed E-state index contributed by atoms with van der Waals surface area (Å²) >= 11 is 6.14. The van der Waals surface area contributed by atoms with Gasteiger partial charge in [-0.25, -0.2) is 0 Å². The predicted molar refractivity (Wildman–Crippen MR) is 138 cm³/mol. The highest BCUT2D eigenvalue weighted by Gasteiger charge is 2.51. The lowest BCUT2D eigenvalue weighted by atomic mass is 9.48. The summed E-state index contributed by atoms with van der Waals surface area (Å²) in [5, 5.41) is 11.4. The largest absolute Gasteiger partial charge is 0.491 e. The molecule has 5 aliphatic rings. The van der Waals surface area contributed by atoms with Gasteiger partial charge in [-0.3, -0.25) is 4.90 Å². The number of anilines is 1. The van der Waals surface area contributed by atoms with Crippen LogP contribution in [0.5, 0.6) is 5.75 Å². The number of aliphatic hydroxyl groups is 1. The third-order valence-corrected chi connectivity index (χ3v) is 9.20. The van der Waals surface area contributed by atoms with Crippen molar-refractivity contribution in [3.8, 4) is 5.75 Å². The number of halogens is 1. The van der Waals surface area contributed by atoms with E-state index in [0.29, 0.717) is 18.6 Å².